The van der Waals surface area contributed by atoms with Gasteiger partial charge >= 0.3 is 0 Å². The van der Waals surface area contributed by atoms with E-state index in [-0.39, 0.29) is 6.10 Å². The lowest BCUT2D eigenvalue weighted by atomic mass is 9.91. The summed E-state index contributed by atoms with van der Waals surface area (Å²) in [5.74, 6) is 0. The summed E-state index contributed by atoms with van der Waals surface area (Å²) in [6.07, 6.45) is 7.03. The fourth-order valence-corrected chi connectivity index (χ4v) is 2.43. The normalized spacial score (nSPS) is 37.9. The molecule has 2 nitrogen and oxygen atoms in total. The Bertz CT molecular complexity index is 192. The van der Waals surface area contributed by atoms with Crippen molar-refractivity contribution in [2.45, 2.75) is 70.6 Å². The van der Waals surface area contributed by atoms with E-state index in [0.717, 1.165) is 25.7 Å². The molecule has 0 bridgehead atoms. The maximum Gasteiger partial charge on any atom is 0.0541 e. The first-order valence-electron chi connectivity index (χ1n) is 6.04. The molecule has 2 N–H and O–H groups in total. The number of hydrogen-bond donors (Lipinski definition) is 2. The minimum atomic E-state index is -0.0279. The van der Waals surface area contributed by atoms with Gasteiger partial charge in [-0.15, -0.1) is 0 Å². The highest BCUT2D eigenvalue weighted by Gasteiger charge is 2.43. The number of rotatable bonds is 3. The first-order chi connectivity index (χ1) is 6.60. The predicted octanol–water partition coefficient (Wildman–Crippen LogP) is 2.07. The van der Waals surface area contributed by atoms with Crippen LogP contribution in [0.5, 0.6) is 0 Å². The molecule has 0 saturated heterocycles. The molecule has 2 saturated carbocycles. The number of hydrogen-bond acceptors (Lipinski definition) is 2. The van der Waals surface area contributed by atoms with Gasteiger partial charge in [-0.25, -0.2) is 0 Å². The molecular formula is C12H23NO. The van der Waals surface area contributed by atoms with Crippen molar-refractivity contribution in [1.29, 1.82) is 0 Å². The molecule has 1 unspecified atom stereocenters. The molecule has 0 aromatic heterocycles. The average Bonchev–Trinajstić information content (AvgIpc) is 2.89. The second-order valence-electron chi connectivity index (χ2n) is 5.55. The fraction of sp³-hybridized carbons (Fsp3) is 1.00. The molecule has 2 aliphatic rings. The first kappa shape index (κ1) is 10.4. The van der Waals surface area contributed by atoms with Gasteiger partial charge in [0.1, 0.15) is 0 Å². The zero-order chi connectivity index (χ0) is 10.2. The molecule has 0 spiro atoms. The van der Waals surface area contributed by atoms with E-state index in [1.807, 2.05) is 0 Å². The maximum absolute atomic E-state index is 9.41. The zero-order valence-electron chi connectivity index (χ0n) is 9.42. The summed E-state index contributed by atoms with van der Waals surface area (Å²) in [5.41, 5.74) is 0.579. The number of nitrogens with one attached hydrogen (secondary N) is 1. The molecule has 2 rings (SSSR count). The lowest BCUT2D eigenvalue weighted by Crippen LogP contribution is -2.43. The summed E-state index contributed by atoms with van der Waals surface area (Å²) in [5, 5.41) is 13.1. The average molecular weight is 197 g/mol. The van der Waals surface area contributed by atoms with E-state index in [1.165, 1.54) is 12.8 Å². The second-order valence-corrected chi connectivity index (χ2v) is 5.55. The molecule has 2 fully saturated rings. The first-order valence-corrected chi connectivity index (χ1v) is 6.04. The van der Waals surface area contributed by atoms with Crippen LogP contribution in [0.2, 0.25) is 0 Å². The van der Waals surface area contributed by atoms with Gasteiger partial charge in [0.05, 0.1) is 6.10 Å². The third-order valence-corrected chi connectivity index (χ3v) is 4.27. The summed E-state index contributed by atoms with van der Waals surface area (Å²) < 4.78 is 0. The van der Waals surface area contributed by atoms with E-state index in [4.69, 9.17) is 0 Å². The fourth-order valence-electron chi connectivity index (χ4n) is 2.43. The zero-order valence-corrected chi connectivity index (χ0v) is 9.42. The third kappa shape index (κ3) is 2.29. The molecule has 2 heteroatoms. The molecule has 0 aromatic carbocycles. The van der Waals surface area contributed by atoms with E-state index in [9.17, 15) is 5.11 Å². The minimum Gasteiger partial charge on any atom is -0.393 e. The monoisotopic (exact) mass is 197 g/mol. The Morgan fingerprint density at radius 2 is 1.79 bits per heavy atom. The Labute approximate surface area is 87.1 Å². The minimum absolute atomic E-state index is 0.0279. The van der Waals surface area contributed by atoms with Crippen molar-refractivity contribution < 1.29 is 5.11 Å². The van der Waals surface area contributed by atoms with Crippen molar-refractivity contribution in [2.75, 3.05) is 0 Å². The third-order valence-electron chi connectivity index (χ3n) is 4.27. The van der Waals surface area contributed by atoms with Crippen molar-refractivity contribution in [1.82, 2.24) is 5.32 Å². The van der Waals surface area contributed by atoms with Crippen molar-refractivity contribution >= 4 is 0 Å². The summed E-state index contributed by atoms with van der Waals surface area (Å²) in [7, 11) is 0. The van der Waals surface area contributed by atoms with Gasteiger partial charge in [0, 0.05) is 12.1 Å². The predicted molar refractivity (Wildman–Crippen MR) is 58.2 cm³/mol. The van der Waals surface area contributed by atoms with Gasteiger partial charge in [0.15, 0.2) is 0 Å². The van der Waals surface area contributed by atoms with Crippen LogP contribution in [0, 0.1) is 5.41 Å². The SMILES string of the molecule is CC(NC1CCC(O)CC1)C1(C)CC1. The highest BCUT2D eigenvalue weighted by molar-refractivity contribution is 4.97. The Kier molecular flexibility index (Phi) is 2.85. The van der Waals surface area contributed by atoms with Gasteiger partial charge in [-0.1, -0.05) is 6.92 Å². The van der Waals surface area contributed by atoms with Gasteiger partial charge in [-0.05, 0) is 50.9 Å². The number of aliphatic hydroxyl groups excluding tert-OH is 1. The highest BCUT2D eigenvalue weighted by atomic mass is 16.3. The van der Waals surface area contributed by atoms with Gasteiger partial charge in [-0.2, -0.15) is 0 Å². The lowest BCUT2D eigenvalue weighted by molar-refractivity contribution is 0.112. The second kappa shape index (κ2) is 3.82. The summed E-state index contributed by atoms with van der Waals surface area (Å²) >= 11 is 0. The van der Waals surface area contributed by atoms with Crippen LogP contribution in [-0.4, -0.2) is 23.3 Å². The molecular weight excluding hydrogens is 174 g/mol. The van der Waals surface area contributed by atoms with Crippen molar-refractivity contribution in [3.8, 4) is 0 Å². The van der Waals surface area contributed by atoms with Gasteiger partial charge in [-0.3, -0.25) is 0 Å². The summed E-state index contributed by atoms with van der Waals surface area (Å²) in [6.45, 7) is 4.69. The Morgan fingerprint density at radius 1 is 1.21 bits per heavy atom. The van der Waals surface area contributed by atoms with Gasteiger partial charge in [0.25, 0.3) is 0 Å². The molecule has 0 aliphatic heterocycles. The van der Waals surface area contributed by atoms with Gasteiger partial charge in [0.2, 0.25) is 0 Å². The molecule has 82 valence electrons. The molecule has 2 aliphatic carbocycles. The van der Waals surface area contributed by atoms with Crippen LogP contribution in [0.1, 0.15) is 52.4 Å². The van der Waals surface area contributed by atoms with E-state index in [2.05, 4.69) is 19.2 Å². The maximum atomic E-state index is 9.41. The Morgan fingerprint density at radius 3 is 2.29 bits per heavy atom. The van der Waals surface area contributed by atoms with Crippen LogP contribution < -0.4 is 5.32 Å². The van der Waals surface area contributed by atoms with E-state index < -0.39 is 0 Å². The smallest absolute Gasteiger partial charge is 0.0541 e. The quantitative estimate of drug-likeness (QED) is 0.726. The van der Waals surface area contributed by atoms with E-state index in [0.29, 0.717) is 17.5 Å². The Hall–Kier alpha value is -0.0800. The van der Waals surface area contributed by atoms with Crippen molar-refractivity contribution in [3.05, 3.63) is 0 Å². The van der Waals surface area contributed by atoms with Gasteiger partial charge < -0.3 is 10.4 Å². The molecule has 0 radical (unpaired) electrons. The van der Waals surface area contributed by atoms with Crippen LogP contribution in [0.15, 0.2) is 0 Å². The summed E-state index contributed by atoms with van der Waals surface area (Å²) in [6, 6.07) is 1.31. The largest absolute Gasteiger partial charge is 0.393 e. The highest BCUT2D eigenvalue weighted by Crippen LogP contribution is 2.48. The van der Waals surface area contributed by atoms with Crippen LogP contribution >= 0.6 is 0 Å². The van der Waals surface area contributed by atoms with E-state index in [1.54, 1.807) is 0 Å². The van der Waals surface area contributed by atoms with Crippen molar-refractivity contribution in [3.63, 3.8) is 0 Å². The van der Waals surface area contributed by atoms with Crippen molar-refractivity contribution in [2.24, 2.45) is 5.41 Å². The molecule has 0 aromatic rings. The number of aliphatic hydroxyl groups is 1. The lowest BCUT2D eigenvalue weighted by Gasteiger charge is -2.31. The molecule has 1 atom stereocenters. The molecule has 0 heterocycles. The van der Waals surface area contributed by atoms with Crippen LogP contribution in [0.3, 0.4) is 0 Å². The molecule has 0 amide bonds. The summed E-state index contributed by atoms with van der Waals surface area (Å²) in [4.78, 5) is 0. The topological polar surface area (TPSA) is 32.3 Å². The van der Waals surface area contributed by atoms with E-state index >= 15 is 0 Å². The van der Waals surface area contributed by atoms with Crippen LogP contribution in [0.25, 0.3) is 0 Å². The van der Waals surface area contributed by atoms with Crippen LogP contribution in [-0.2, 0) is 0 Å². The Balaban J connectivity index is 1.75. The van der Waals surface area contributed by atoms with Crippen LogP contribution in [0.4, 0.5) is 0 Å². The standard InChI is InChI=1S/C12H23NO/c1-9(12(2)7-8-12)13-10-3-5-11(14)6-4-10/h9-11,13-14H,3-8H2,1-2H3. The molecule has 14 heavy (non-hydrogen) atoms.